The molecule has 1 aromatic rings. The van der Waals surface area contributed by atoms with Gasteiger partial charge in [-0.05, 0) is 31.5 Å². The Morgan fingerprint density at radius 3 is 2.94 bits per heavy atom. The summed E-state index contributed by atoms with van der Waals surface area (Å²) in [6.45, 7) is 5.47. The number of rotatable bonds is 1. The van der Waals surface area contributed by atoms with E-state index >= 15 is 0 Å². The van der Waals surface area contributed by atoms with Gasteiger partial charge in [0, 0.05) is 25.3 Å². The minimum absolute atomic E-state index is 0.00278. The summed E-state index contributed by atoms with van der Waals surface area (Å²) >= 11 is 0. The highest BCUT2D eigenvalue weighted by atomic mass is 16.2. The molecule has 0 aromatic heterocycles. The summed E-state index contributed by atoms with van der Waals surface area (Å²) in [5.41, 5.74) is 1.99. The van der Waals surface area contributed by atoms with Crippen LogP contribution in [-0.2, 0) is 0 Å². The fourth-order valence-corrected chi connectivity index (χ4v) is 1.96. The first-order valence-electron chi connectivity index (χ1n) is 6.09. The summed E-state index contributed by atoms with van der Waals surface area (Å²) in [7, 11) is 0. The van der Waals surface area contributed by atoms with Crippen LogP contribution in [0, 0.1) is 6.92 Å². The van der Waals surface area contributed by atoms with Gasteiger partial charge in [-0.15, -0.1) is 0 Å². The van der Waals surface area contributed by atoms with Crippen LogP contribution in [-0.4, -0.2) is 37.1 Å². The van der Waals surface area contributed by atoms with Crippen LogP contribution in [0.5, 0.6) is 0 Å². The first kappa shape index (κ1) is 11.9. The first-order valence-corrected chi connectivity index (χ1v) is 6.09. The van der Waals surface area contributed by atoms with Crippen molar-refractivity contribution in [1.82, 2.24) is 10.2 Å². The smallest absolute Gasteiger partial charge is 0.321 e. The molecule has 2 amide bonds. The third kappa shape index (κ3) is 3.20. The molecule has 4 nitrogen and oxygen atoms in total. The maximum atomic E-state index is 12.1. The van der Waals surface area contributed by atoms with Gasteiger partial charge in [0.15, 0.2) is 0 Å². The van der Waals surface area contributed by atoms with Gasteiger partial charge < -0.3 is 15.5 Å². The Labute approximate surface area is 102 Å². The van der Waals surface area contributed by atoms with Gasteiger partial charge in [-0.3, -0.25) is 0 Å². The average molecular weight is 233 g/mol. The van der Waals surface area contributed by atoms with Crippen LogP contribution in [0.2, 0.25) is 0 Å². The summed E-state index contributed by atoms with van der Waals surface area (Å²) in [6, 6.07) is 7.85. The van der Waals surface area contributed by atoms with E-state index in [0.717, 1.165) is 43.9 Å². The van der Waals surface area contributed by atoms with Gasteiger partial charge >= 0.3 is 6.03 Å². The van der Waals surface area contributed by atoms with Crippen LogP contribution in [0.15, 0.2) is 24.3 Å². The zero-order valence-corrected chi connectivity index (χ0v) is 10.2. The Morgan fingerprint density at radius 1 is 1.29 bits per heavy atom. The third-order valence-corrected chi connectivity index (χ3v) is 3.01. The topological polar surface area (TPSA) is 44.4 Å². The monoisotopic (exact) mass is 233 g/mol. The van der Waals surface area contributed by atoms with Gasteiger partial charge in [-0.1, -0.05) is 18.2 Å². The van der Waals surface area contributed by atoms with Gasteiger partial charge in [-0.25, -0.2) is 4.79 Å². The molecular weight excluding hydrogens is 214 g/mol. The second-order valence-corrected chi connectivity index (χ2v) is 4.34. The number of amides is 2. The van der Waals surface area contributed by atoms with E-state index in [4.69, 9.17) is 0 Å². The second kappa shape index (κ2) is 5.68. The fourth-order valence-electron chi connectivity index (χ4n) is 1.96. The van der Waals surface area contributed by atoms with Gasteiger partial charge in [-0.2, -0.15) is 0 Å². The largest absolute Gasteiger partial charge is 0.323 e. The Bertz CT molecular complexity index is 384. The Kier molecular flexibility index (Phi) is 3.98. The second-order valence-electron chi connectivity index (χ2n) is 4.34. The minimum Gasteiger partial charge on any atom is -0.323 e. The molecule has 0 atom stereocenters. The maximum Gasteiger partial charge on any atom is 0.321 e. The molecule has 0 saturated carbocycles. The first-order chi connectivity index (χ1) is 8.27. The van der Waals surface area contributed by atoms with Gasteiger partial charge in [0.2, 0.25) is 0 Å². The summed E-state index contributed by atoms with van der Waals surface area (Å²) in [5, 5.41) is 6.25. The molecule has 4 heteroatoms. The number of hydrogen-bond acceptors (Lipinski definition) is 2. The molecule has 0 unspecified atom stereocenters. The van der Waals surface area contributed by atoms with Crippen LogP contribution in [0.4, 0.5) is 10.5 Å². The van der Waals surface area contributed by atoms with Crippen LogP contribution in [0.3, 0.4) is 0 Å². The Balaban J connectivity index is 1.98. The molecule has 0 spiro atoms. The summed E-state index contributed by atoms with van der Waals surface area (Å²) < 4.78 is 0. The van der Waals surface area contributed by atoms with Crippen molar-refractivity contribution < 1.29 is 4.79 Å². The number of benzene rings is 1. The molecule has 1 aliphatic heterocycles. The third-order valence-electron chi connectivity index (χ3n) is 3.01. The van der Waals surface area contributed by atoms with Gasteiger partial charge in [0.05, 0.1) is 0 Å². The lowest BCUT2D eigenvalue weighted by molar-refractivity contribution is 0.215. The molecule has 92 valence electrons. The van der Waals surface area contributed by atoms with E-state index in [9.17, 15) is 4.79 Å². The van der Waals surface area contributed by atoms with Crippen molar-refractivity contribution in [3.05, 3.63) is 29.8 Å². The molecule has 1 fully saturated rings. The Morgan fingerprint density at radius 2 is 2.12 bits per heavy atom. The molecule has 2 rings (SSSR count). The maximum absolute atomic E-state index is 12.1. The highest BCUT2D eigenvalue weighted by molar-refractivity contribution is 5.90. The quantitative estimate of drug-likeness (QED) is 0.777. The van der Waals surface area contributed by atoms with Crippen LogP contribution in [0.1, 0.15) is 12.0 Å². The highest BCUT2D eigenvalue weighted by Gasteiger charge is 2.15. The molecule has 1 saturated heterocycles. The number of carbonyl (C=O) groups is 1. The Hall–Kier alpha value is -1.55. The van der Waals surface area contributed by atoms with E-state index < -0.39 is 0 Å². The van der Waals surface area contributed by atoms with E-state index in [-0.39, 0.29) is 6.03 Å². The number of nitrogens with one attached hydrogen (secondary N) is 2. The van der Waals surface area contributed by atoms with Crippen molar-refractivity contribution in [1.29, 1.82) is 0 Å². The lowest BCUT2D eigenvalue weighted by Crippen LogP contribution is -2.37. The van der Waals surface area contributed by atoms with Crippen molar-refractivity contribution in [2.24, 2.45) is 0 Å². The van der Waals surface area contributed by atoms with Crippen molar-refractivity contribution in [3.63, 3.8) is 0 Å². The number of anilines is 1. The molecule has 0 aliphatic carbocycles. The molecule has 1 heterocycles. The number of carbonyl (C=O) groups excluding carboxylic acids is 1. The van der Waals surface area contributed by atoms with Crippen molar-refractivity contribution in [2.75, 3.05) is 31.5 Å². The number of nitrogens with zero attached hydrogens (tertiary/aromatic N) is 1. The summed E-state index contributed by atoms with van der Waals surface area (Å²) in [4.78, 5) is 13.9. The number of urea groups is 1. The number of aryl methyl sites for hydroxylation is 1. The number of hydrogen-bond donors (Lipinski definition) is 2. The lowest BCUT2D eigenvalue weighted by Gasteiger charge is -2.21. The lowest BCUT2D eigenvalue weighted by atomic mass is 10.2. The number of para-hydroxylation sites is 1. The zero-order valence-electron chi connectivity index (χ0n) is 10.2. The summed E-state index contributed by atoms with van der Waals surface area (Å²) in [6.07, 6.45) is 1.02. The normalized spacial score (nSPS) is 16.4. The molecule has 0 bridgehead atoms. The van der Waals surface area contributed by atoms with Crippen LogP contribution < -0.4 is 10.6 Å². The van der Waals surface area contributed by atoms with Crippen LogP contribution >= 0.6 is 0 Å². The average Bonchev–Trinajstić information content (AvgIpc) is 2.61. The van der Waals surface area contributed by atoms with E-state index in [1.54, 1.807) is 0 Å². The predicted molar refractivity (Wildman–Crippen MR) is 69.3 cm³/mol. The highest BCUT2D eigenvalue weighted by Crippen LogP contribution is 2.14. The molecule has 1 aliphatic rings. The van der Waals surface area contributed by atoms with Crippen molar-refractivity contribution >= 4 is 11.7 Å². The molecule has 17 heavy (non-hydrogen) atoms. The van der Waals surface area contributed by atoms with Crippen molar-refractivity contribution in [2.45, 2.75) is 13.3 Å². The van der Waals surface area contributed by atoms with E-state index in [1.807, 2.05) is 36.1 Å². The molecule has 2 N–H and O–H groups in total. The minimum atomic E-state index is 0.00278. The van der Waals surface area contributed by atoms with Gasteiger partial charge in [0.1, 0.15) is 0 Å². The summed E-state index contributed by atoms with van der Waals surface area (Å²) in [5.74, 6) is 0. The molecule has 1 aromatic carbocycles. The predicted octanol–water partition coefficient (Wildman–Crippen LogP) is 1.82. The molecule has 0 radical (unpaired) electrons. The molecular formula is C13H19N3O. The zero-order chi connectivity index (χ0) is 12.1. The van der Waals surface area contributed by atoms with E-state index in [0.29, 0.717) is 0 Å². The standard InChI is InChI=1S/C13H19N3O/c1-11-5-2-3-6-12(11)15-13(17)16-9-4-7-14-8-10-16/h2-3,5-6,14H,4,7-10H2,1H3,(H,15,17). The van der Waals surface area contributed by atoms with E-state index in [2.05, 4.69) is 10.6 Å². The van der Waals surface area contributed by atoms with E-state index in [1.165, 1.54) is 0 Å². The van der Waals surface area contributed by atoms with Crippen molar-refractivity contribution in [3.8, 4) is 0 Å². The van der Waals surface area contributed by atoms with Crippen LogP contribution in [0.25, 0.3) is 0 Å². The van der Waals surface area contributed by atoms with Gasteiger partial charge in [0.25, 0.3) is 0 Å². The SMILES string of the molecule is Cc1ccccc1NC(=O)N1CCCNCC1. The fraction of sp³-hybridized carbons (Fsp3) is 0.462.